The molecular weight excluding hydrogens is 460 g/mol. The lowest BCUT2D eigenvalue weighted by Gasteiger charge is -2.15. The number of esters is 1. The molecule has 37 heavy (non-hydrogen) atoms. The molecule has 0 amide bonds. The molecule has 0 aromatic heterocycles. The molecule has 0 saturated carbocycles. The molecular formula is C33H42O4. The fourth-order valence-electron chi connectivity index (χ4n) is 4.20. The second-order valence-corrected chi connectivity index (χ2v) is 9.74. The van der Waals surface area contributed by atoms with Gasteiger partial charge in [-0.15, -0.1) is 0 Å². The lowest BCUT2D eigenvalue weighted by molar-refractivity contribution is -0.148. The Morgan fingerprint density at radius 1 is 0.730 bits per heavy atom. The molecule has 2 atom stereocenters. The van der Waals surface area contributed by atoms with Gasteiger partial charge in [0.15, 0.2) is 0 Å². The average Bonchev–Trinajstić information content (AvgIpc) is 2.91. The Morgan fingerprint density at radius 2 is 1.35 bits per heavy atom. The zero-order valence-electron chi connectivity index (χ0n) is 22.9. The minimum Gasteiger partial charge on any atom is -0.491 e. The van der Waals surface area contributed by atoms with Crippen LogP contribution in [0, 0.1) is 0 Å². The Morgan fingerprint density at radius 3 is 1.97 bits per heavy atom. The number of hydrogen-bond donors (Lipinski definition) is 0. The summed E-state index contributed by atoms with van der Waals surface area (Å²) in [6, 6.07) is 24.5. The van der Waals surface area contributed by atoms with Crippen LogP contribution in [0.2, 0.25) is 0 Å². The first-order valence-electron chi connectivity index (χ1n) is 13.8. The van der Waals surface area contributed by atoms with Crippen LogP contribution in [-0.4, -0.2) is 12.1 Å². The third kappa shape index (κ3) is 9.60. The number of rotatable bonds is 15. The van der Waals surface area contributed by atoms with E-state index in [1.165, 1.54) is 36.8 Å². The van der Waals surface area contributed by atoms with Gasteiger partial charge >= 0.3 is 5.97 Å². The molecule has 0 aliphatic carbocycles. The second-order valence-electron chi connectivity index (χ2n) is 9.74. The Hall–Kier alpha value is -3.27. The van der Waals surface area contributed by atoms with E-state index in [0.717, 1.165) is 35.5 Å². The Kier molecular flexibility index (Phi) is 11.5. The molecule has 0 bridgehead atoms. The molecule has 3 aromatic carbocycles. The summed E-state index contributed by atoms with van der Waals surface area (Å²) < 4.78 is 17.5. The van der Waals surface area contributed by atoms with Crippen molar-refractivity contribution in [3.63, 3.8) is 0 Å². The number of carbonyl (C=O) groups excluding carboxylic acids is 1. The molecule has 4 nitrogen and oxygen atoms in total. The van der Waals surface area contributed by atoms with Crippen molar-refractivity contribution in [2.45, 2.75) is 91.5 Å². The van der Waals surface area contributed by atoms with Gasteiger partial charge in [0.05, 0.1) is 6.10 Å². The highest BCUT2D eigenvalue weighted by molar-refractivity contribution is 5.69. The summed E-state index contributed by atoms with van der Waals surface area (Å²) in [6.07, 6.45) is 7.39. The van der Waals surface area contributed by atoms with E-state index in [-0.39, 0.29) is 18.2 Å². The lowest BCUT2D eigenvalue weighted by atomic mass is 10.0. The third-order valence-corrected chi connectivity index (χ3v) is 6.46. The molecule has 3 rings (SSSR count). The molecule has 0 N–H and O–H groups in total. The number of unbranched alkanes of at least 4 members (excludes halogenated alkanes) is 3. The summed E-state index contributed by atoms with van der Waals surface area (Å²) in [5.41, 5.74) is 4.39. The van der Waals surface area contributed by atoms with Gasteiger partial charge in [-0.3, -0.25) is 4.79 Å². The first-order valence-corrected chi connectivity index (χ1v) is 13.8. The lowest BCUT2D eigenvalue weighted by Crippen LogP contribution is -2.11. The predicted molar refractivity (Wildman–Crippen MR) is 151 cm³/mol. The highest BCUT2D eigenvalue weighted by Crippen LogP contribution is 2.25. The first-order chi connectivity index (χ1) is 18.0. The zero-order valence-corrected chi connectivity index (χ0v) is 22.9. The van der Waals surface area contributed by atoms with Gasteiger partial charge < -0.3 is 14.2 Å². The van der Waals surface area contributed by atoms with E-state index in [4.69, 9.17) is 14.2 Å². The van der Waals surface area contributed by atoms with Gasteiger partial charge in [0.2, 0.25) is 0 Å². The minimum atomic E-state index is -0.264. The number of carbonyl (C=O) groups is 1. The summed E-state index contributed by atoms with van der Waals surface area (Å²) in [7, 11) is 0. The molecule has 0 aliphatic heterocycles. The average molecular weight is 503 g/mol. The van der Waals surface area contributed by atoms with E-state index >= 15 is 0 Å². The van der Waals surface area contributed by atoms with Gasteiger partial charge in [0.25, 0.3) is 0 Å². The molecule has 198 valence electrons. The van der Waals surface area contributed by atoms with Crippen LogP contribution in [0.1, 0.15) is 89.9 Å². The van der Waals surface area contributed by atoms with Crippen molar-refractivity contribution in [3.8, 4) is 22.6 Å². The largest absolute Gasteiger partial charge is 0.491 e. The molecule has 0 spiro atoms. The highest BCUT2D eigenvalue weighted by atomic mass is 16.5. The maximum atomic E-state index is 11.7. The van der Waals surface area contributed by atoms with Crippen LogP contribution in [0.5, 0.6) is 11.5 Å². The van der Waals surface area contributed by atoms with E-state index in [2.05, 4.69) is 62.4 Å². The fourth-order valence-corrected chi connectivity index (χ4v) is 4.20. The molecule has 0 aliphatic rings. The number of ether oxygens (including phenoxy) is 3. The van der Waals surface area contributed by atoms with E-state index in [9.17, 15) is 4.79 Å². The van der Waals surface area contributed by atoms with Crippen molar-refractivity contribution in [1.82, 2.24) is 0 Å². The third-order valence-electron chi connectivity index (χ3n) is 6.46. The Bertz CT molecular complexity index is 1050. The molecule has 4 heteroatoms. The van der Waals surface area contributed by atoms with Crippen LogP contribution in [0.25, 0.3) is 11.1 Å². The van der Waals surface area contributed by atoms with Crippen molar-refractivity contribution in [3.05, 3.63) is 83.9 Å². The van der Waals surface area contributed by atoms with E-state index in [1.807, 2.05) is 38.1 Å². The standard InChI is InChI=1S/C33H42O4/c1-5-7-8-9-11-25(3)36-32-22-18-30(19-23-32)29-14-12-27(13-15-29)24-35-31-20-16-28(17-21-31)26(4)37-33(34)10-6-2/h12-23,25-26H,5-11,24H2,1-4H3. The van der Waals surface area contributed by atoms with Crippen LogP contribution < -0.4 is 9.47 Å². The summed E-state index contributed by atoms with van der Waals surface area (Å²) >= 11 is 0. The van der Waals surface area contributed by atoms with Crippen LogP contribution in [0.3, 0.4) is 0 Å². The molecule has 3 aromatic rings. The van der Waals surface area contributed by atoms with Crippen LogP contribution >= 0.6 is 0 Å². The highest BCUT2D eigenvalue weighted by Gasteiger charge is 2.11. The maximum Gasteiger partial charge on any atom is 0.306 e. The normalized spacial score (nSPS) is 12.5. The van der Waals surface area contributed by atoms with E-state index in [0.29, 0.717) is 13.0 Å². The van der Waals surface area contributed by atoms with Gasteiger partial charge in [-0.1, -0.05) is 81.6 Å². The summed E-state index contributed by atoms with van der Waals surface area (Å²) in [6.45, 7) is 8.74. The van der Waals surface area contributed by atoms with Gasteiger partial charge in [-0.2, -0.15) is 0 Å². The summed E-state index contributed by atoms with van der Waals surface area (Å²) in [5, 5.41) is 0. The number of hydrogen-bond acceptors (Lipinski definition) is 4. The predicted octanol–water partition coefficient (Wildman–Crippen LogP) is 9.07. The van der Waals surface area contributed by atoms with E-state index in [1.54, 1.807) is 0 Å². The van der Waals surface area contributed by atoms with Crippen molar-refractivity contribution < 1.29 is 19.0 Å². The molecule has 0 radical (unpaired) electrons. The summed E-state index contributed by atoms with van der Waals surface area (Å²) in [5.74, 6) is 1.55. The van der Waals surface area contributed by atoms with E-state index < -0.39 is 0 Å². The quantitative estimate of drug-likeness (QED) is 0.154. The molecule has 0 saturated heterocycles. The van der Waals surface area contributed by atoms with Crippen LogP contribution in [-0.2, 0) is 16.1 Å². The SMILES string of the molecule is CCCCCCC(C)Oc1ccc(-c2ccc(COc3ccc(C(C)OC(=O)CCC)cc3)cc2)cc1. The van der Waals surface area contributed by atoms with Gasteiger partial charge in [-0.05, 0) is 79.6 Å². The smallest absolute Gasteiger partial charge is 0.306 e. The Balaban J connectivity index is 1.47. The van der Waals surface area contributed by atoms with Crippen molar-refractivity contribution in [2.24, 2.45) is 0 Å². The van der Waals surface area contributed by atoms with Crippen LogP contribution in [0.15, 0.2) is 72.8 Å². The summed E-state index contributed by atoms with van der Waals surface area (Å²) in [4.78, 5) is 11.7. The maximum absolute atomic E-state index is 11.7. The first kappa shape index (κ1) is 28.3. The topological polar surface area (TPSA) is 44.8 Å². The van der Waals surface area contributed by atoms with Gasteiger partial charge in [0.1, 0.15) is 24.2 Å². The van der Waals surface area contributed by atoms with Gasteiger partial charge in [0, 0.05) is 6.42 Å². The molecule has 2 unspecified atom stereocenters. The fraction of sp³-hybridized carbons (Fsp3) is 0.424. The zero-order chi connectivity index (χ0) is 26.5. The minimum absolute atomic E-state index is 0.161. The second kappa shape index (κ2) is 15.1. The Labute approximate surface area is 223 Å². The van der Waals surface area contributed by atoms with Crippen molar-refractivity contribution in [2.75, 3.05) is 0 Å². The van der Waals surface area contributed by atoms with Crippen LogP contribution in [0.4, 0.5) is 0 Å². The molecule has 0 heterocycles. The van der Waals surface area contributed by atoms with Crippen molar-refractivity contribution >= 4 is 5.97 Å². The van der Waals surface area contributed by atoms with Gasteiger partial charge in [-0.25, -0.2) is 0 Å². The monoisotopic (exact) mass is 502 g/mol. The molecule has 0 fully saturated rings. The number of benzene rings is 3. The van der Waals surface area contributed by atoms with Crippen molar-refractivity contribution in [1.29, 1.82) is 0 Å².